The first kappa shape index (κ1) is 14.7. The third-order valence-corrected chi connectivity index (χ3v) is 5.13. The molecule has 1 unspecified atom stereocenters. The van der Waals surface area contributed by atoms with Gasteiger partial charge in [-0.2, -0.15) is 23.5 Å². The molecule has 0 aromatic carbocycles. The summed E-state index contributed by atoms with van der Waals surface area (Å²) in [5.41, 5.74) is 0.427. The van der Waals surface area contributed by atoms with E-state index in [-0.39, 0.29) is 0 Å². The molecule has 0 fully saturated rings. The molecule has 2 heteroatoms. The van der Waals surface area contributed by atoms with Gasteiger partial charge in [-0.15, -0.1) is 0 Å². The maximum absolute atomic E-state index is 2.36. The summed E-state index contributed by atoms with van der Waals surface area (Å²) >= 11 is 4.22. The van der Waals surface area contributed by atoms with Crippen molar-refractivity contribution in [1.29, 1.82) is 0 Å². The van der Waals surface area contributed by atoms with Gasteiger partial charge in [-0.1, -0.05) is 48.5 Å². The molecule has 0 nitrogen and oxygen atoms in total. The summed E-state index contributed by atoms with van der Waals surface area (Å²) in [4.78, 5) is 0. The number of hydrogen-bond donors (Lipinski definition) is 0. The van der Waals surface area contributed by atoms with Crippen molar-refractivity contribution in [3.05, 3.63) is 0 Å². The Labute approximate surface area is 99.0 Å². The second-order valence-corrected chi connectivity index (χ2v) is 8.82. The average Bonchev–Trinajstić information content (AvgIpc) is 1.94. The van der Waals surface area contributed by atoms with Crippen molar-refractivity contribution in [3.63, 3.8) is 0 Å². The van der Waals surface area contributed by atoms with Gasteiger partial charge in [-0.25, -0.2) is 0 Å². The zero-order chi connectivity index (χ0) is 11.4. The lowest BCUT2D eigenvalue weighted by molar-refractivity contribution is 0.413. The second kappa shape index (κ2) is 6.32. The van der Waals surface area contributed by atoms with Crippen LogP contribution in [0.1, 0.15) is 48.5 Å². The molecular formula is C12H26S2. The Kier molecular flexibility index (Phi) is 6.63. The Morgan fingerprint density at radius 1 is 0.929 bits per heavy atom. The molecule has 0 heterocycles. The third-order valence-electron chi connectivity index (χ3n) is 1.98. The number of rotatable bonds is 5. The van der Waals surface area contributed by atoms with Gasteiger partial charge in [0, 0.05) is 11.0 Å². The van der Waals surface area contributed by atoms with Crippen LogP contribution in [0, 0.1) is 5.41 Å². The van der Waals surface area contributed by atoms with E-state index in [0.717, 1.165) is 15.7 Å². The van der Waals surface area contributed by atoms with Crippen molar-refractivity contribution in [2.75, 3.05) is 5.75 Å². The molecule has 0 aliphatic heterocycles. The van der Waals surface area contributed by atoms with Crippen LogP contribution in [-0.2, 0) is 0 Å². The second-order valence-electron chi connectivity index (χ2n) is 5.42. The van der Waals surface area contributed by atoms with Gasteiger partial charge in [0.25, 0.3) is 0 Å². The lowest BCUT2D eigenvalue weighted by atomic mass is 9.93. The molecule has 0 aliphatic carbocycles. The van der Waals surface area contributed by atoms with Gasteiger partial charge in [-0.05, 0) is 15.9 Å². The zero-order valence-electron chi connectivity index (χ0n) is 10.8. The molecule has 0 aromatic heterocycles. The van der Waals surface area contributed by atoms with E-state index in [0.29, 0.717) is 5.41 Å². The van der Waals surface area contributed by atoms with Crippen LogP contribution < -0.4 is 0 Å². The monoisotopic (exact) mass is 234 g/mol. The molecule has 0 aliphatic rings. The average molecular weight is 234 g/mol. The SMILES string of the molecule is CC(C)SCC(SC(C)C)C(C)(C)C. The Balaban J connectivity index is 4.12. The minimum atomic E-state index is 0.427. The number of hydrogen-bond acceptors (Lipinski definition) is 2. The first-order valence-corrected chi connectivity index (χ1v) is 7.49. The van der Waals surface area contributed by atoms with Crippen LogP contribution in [0.5, 0.6) is 0 Å². The molecule has 0 spiro atoms. The molecule has 0 saturated carbocycles. The number of thioether (sulfide) groups is 2. The summed E-state index contributed by atoms with van der Waals surface area (Å²) in [5, 5.41) is 2.27. The molecule has 0 rings (SSSR count). The first-order chi connectivity index (χ1) is 6.23. The van der Waals surface area contributed by atoms with E-state index in [1.54, 1.807) is 0 Å². The van der Waals surface area contributed by atoms with Crippen molar-refractivity contribution in [3.8, 4) is 0 Å². The lowest BCUT2D eigenvalue weighted by Crippen LogP contribution is -2.27. The fourth-order valence-corrected chi connectivity index (χ4v) is 3.78. The first-order valence-electron chi connectivity index (χ1n) is 5.50. The summed E-state index contributed by atoms with van der Waals surface area (Å²) in [7, 11) is 0. The van der Waals surface area contributed by atoms with Crippen LogP contribution in [-0.4, -0.2) is 21.5 Å². The summed E-state index contributed by atoms with van der Waals surface area (Å²) in [6.07, 6.45) is 0. The van der Waals surface area contributed by atoms with Crippen LogP contribution in [0.25, 0.3) is 0 Å². The fourth-order valence-electron chi connectivity index (χ4n) is 1.10. The van der Waals surface area contributed by atoms with Crippen LogP contribution >= 0.6 is 23.5 Å². The molecule has 0 amide bonds. The van der Waals surface area contributed by atoms with E-state index in [4.69, 9.17) is 0 Å². The summed E-state index contributed by atoms with van der Waals surface area (Å²) in [6, 6.07) is 0. The van der Waals surface area contributed by atoms with Crippen LogP contribution in [0.15, 0.2) is 0 Å². The highest BCUT2D eigenvalue weighted by molar-refractivity contribution is 8.03. The Bertz CT molecular complexity index is 145. The fraction of sp³-hybridized carbons (Fsp3) is 1.00. The molecular weight excluding hydrogens is 208 g/mol. The topological polar surface area (TPSA) is 0 Å². The molecule has 0 saturated heterocycles. The molecule has 86 valence electrons. The van der Waals surface area contributed by atoms with E-state index in [2.05, 4.69) is 72.0 Å². The Morgan fingerprint density at radius 2 is 1.43 bits per heavy atom. The highest BCUT2D eigenvalue weighted by Crippen LogP contribution is 2.35. The summed E-state index contributed by atoms with van der Waals surface area (Å²) in [6.45, 7) is 16.2. The standard InChI is InChI=1S/C12H26S2/c1-9(2)13-8-11(12(5,6)7)14-10(3)4/h9-11H,8H2,1-7H3. The van der Waals surface area contributed by atoms with Gasteiger partial charge in [0.05, 0.1) is 0 Å². The van der Waals surface area contributed by atoms with Gasteiger partial charge in [-0.3, -0.25) is 0 Å². The smallest absolute Gasteiger partial charge is 0.0189 e. The van der Waals surface area contributed by atoms with Crippen molar-refractivity contribution in [1.82, 2.24) is 0 Å². The molecule has 14 heavy (non-hydrogen) atoms. The zero-order valence-corrected chi connectivity index (χ0v) is 12.4. The molecule has 0 bridgehead atoms. The minimum absolute atomic E-state index is 0.427. The minimum Gasteiger partial charge on any atom is -0.158 e. The van der Waals surface area contributed by atoms with Gasteiger partial charge in [0.15, 0.2) is 0 Å². The molecule has 0 aromatic rings. The predicted octanol–water partition coefficient (Wildman–Crippen LogP) is 4.68. The van der Waals surface area contributed by atoms with E-state index in [1.165, 1.54) is 5.75 Å². The summed E-state index contributed by atoms with van der Waals surface area (Å²) in [5.74, 6) is 1.28. The lowest BCUT2D eigenvalue weighted by Gasteiger charge is -2.31. The van der Waals surface area contributed by atoms with E-state index >= 15 is 0 Å². The van der Waals surface area contributed by atoms with Crippen molar-refractivity contribution < 1.29 is 0 Å². The van der Waals surface area contributed by atoms with E-state index < -0.39 is 0 Å². The summed E-state index contributed by atoms with van der Waals surface area (Å²) < 4.78 is 0. The normalized spacial score (nSPS) is 15.2. The van der Waals surface area contributed by atoms with Crippen molar-refractivity contribution >= 4 is 23.5 Å². The van der Waals surface area contributed by atoms with Crippen LogP contribution in [0.2, 0.25) is 0 Å². The Hall–Kier alpha value is 0.700. The van der Waals surface area contributed by atoms with E-state index in [9.17, 15) is 0 Å². The van der Waals surface area contributed by atoms with Gasteiger partial charge in [0.1, 0.15) is 0 Å². The van der Waals surface area contributed by atoms with Gasteiger partial charge >= 0.3 is 0 Å². The van der Waals surface area contributed by atoms with Crippen molar-refractivity contribution in [2.24, 2.45) is 5.41 Å². The maximum Gasteiger partial charge on any atom is 0.0189 e. The van der Waals surface area contributed by atoms with Gasteiger partial charge < -0.3 is 0 Å². The Morgan fingerprint density at radius 3 is 1.71 bits per heavy atom. The highest BCUT2D eigenvalue weighted by Gasteiger charge is 2.26. The van der Waals surface area contributed by atoms with Crippen LogP contribution in [0.4, 0.5) is 0 Å². The molecule has 0 N–H and O–H groups in total. The van der Waals surface area contributed by atoms with Crippen molar-refractivity contribution in [2.45, 2.75) is 64.2 Å². The largest absolute Gasteiger partial charge is 0.158 e. The highest BCUT2D eigenvalue weighted by atomic mass is 32.2. The van der Waals surface area contributed by atoms with Gasteiger partial charge in [0.2, 0.25) is 0 Å². The maximum atomic E-state index is 2.36. The quantitative estimate of drug-likeness (QED) is 0.677. The van der Waals surface area contributed by atoms with Crippen LogP contribution in [0.3, 0.4) is 0 Å². The van der Waals surface area contributed by atoms with E-state index in [1.807, 2.05) is 0 Å². The predicted molar refractivity (Wildman–Crippen MR) is 73.6 cm³/mol. The third kappa shape index (κ3) is 7.05. The molecule has 0 radical (unpaired) electrons. The molecule has 1 atom stereocenters.